The van der Waals surface area contributed by atoms with Crippen molar-refractivity contribution in [2.24, 2.45) is 0 Å². The first-order valence-electron chi connectivity index (χ1n) is 9.90. The minimum Gasteiger partial charge on any atom is -0.348 e. The zero-order valence-electron chi connectivity index (χ0n) is 16.7. The van der Waals surface area contributed by atoms with Gasteiger partial charge in [0.25, 0.3) is 0 Å². The quantitative estimate of drug-likeness (QED) is 0.638. The Morgan fingerprint density at radius 2 is 1.77 bits per heavy atom. The number of nitrogens with zero attached hydrogens (tertiary/aromatic N) is 1. The molecule has 2 aromatic carbocycles. The third kappa shape index (κ3) is 5.81. The van der Waals surface area contributed by atoms with Crippen LogP contribution in [0.3, 0.4) is 0 Å². The molecule has 0 bridgehead atoms. The van der Waals surface area contributed by atoms with Gasteiger partial charge in [-0.3, -0.25) is 9.59 Å². The van der Waals surface area contributed by atoms with E-state index in [0.29, 0.717) is 24.4 Å². The average molecular weight is 468 g/mol. The lowest BCUT2D eigenvalue weighted by Gasteiger charge is -2.34. The topological polar surface area (TPSA) is 95.6 Å². The minimum atomic E-state index is -3.70. The predicted octanol–water partition coefficient (Wildman–Crippen LogP) is 3.17. The van der Waals surface area contributed by atoms with Crippen molar-refractivity contribution < 1.29 is 22.4 Å². The van der Waals surface area contributed by atoms with Crippen molar-refractivity contribution in [3.05, 3.63) is 59.4 Å². The van der Waals surface area contributed by atoms with Gasteiger partial charge in [-0.25, -0.2) is 12.8 Å². The number of sulfonamides is 1. The summed E-state index contributed by atoms with van der Waals surface area (Å²) in [4.78, 5) is 24.2. The van der Waals surface area contributed by atoms with E-state index in [1.54, 1.807) is 0 Å². The molecule has 2 aromatic rings. The van der Waals surface area contributed by atoms with Crippen LogP contribution in [0.15, 0.2) is 53.4 Å². The molecule has 1 heterocycles. The summed E-state index contributed by atoms with van der Waals surface area (Å²) < 4.78 is 41.1. The number of rotatable bonds is 6. The van der Waals surface area contributed by atoms with Crippen LogP contribution in [0, 0.1) is 5.82 Å². The third-order valence-corrected chi connectivity index (χ3v) is 7.30. The number of para-hydroxylation sites is 1. The molecule has 2 N–H and O–H groups in total. The second-order valence-electron chi connectivity index (χ2n) is 7.20. The molecule has 0 saturated carbocycles. The first-order chi connectivity index (χ1) is 14.8. The van der Waals surface area contributed by atoms with Crippen molar-refractivity contribution in [2.45, 2.75) is 36.6 Å². The van der Waals surface area contributed by atoms with Gasteiger partial charge in [-0.05, 0) is 55.7 Å². The maximum Gasteiger partial charge on any atom is 0.313 e. The lowest BCUT2D eigenvalue weighted by molar-refractivity contribution is -0.136. The van der Waals surface area contributed by atoms with Gasteiger partial charge in [0.1, 0.15) is 5.82 Å². The molecule has 0 spiro atoms. The molecule has 1 aliphatic heterocycles. The van der Waals surface area contributed by atoms with E-state index >= 15 is 0 Å². The molecule has 0 aromatic heterocycles. The third-order valence-electron chi connectivity index (χ3n) is 5.08. The largest absolute Gasteiger partial charge is 0.348 e. The Kier molecular flexibility index (Phi) is 7.64. The maximum atomic E-state index is 13.6. The van der Waals surface area contributed by atoms with E-state index in [-0.39, 0.29) is 23.2 Å². The van der Waals surface area contributed by atoms with Crippen molar-refractivity contribution in [1.29, 1.82) is 0 Å². The molecule has 1 fully saturated rings. The summed E-state index contributed by atoms with van der Waals surface area (Å²) in [7, 11) is -3.70. The van der Waals surface area contributed by atoms with Gasteiger partial charge in [0.05, 0.1) is 10.6 Å². The molecule has 10 heteroatoms. The average Bonchev–Trinajstić information content (AvgIpc) is 2.76. The van der Waals surface area contributed by atoms with Gasteiger partial charge in [-0.2, -0.15) is 4.31 Å². The minimum absolute atomic E-state index is 0.0878. The fourth-order valence-electron chi connectivity index (χ4n) is 3.50. The highest BCUT2D eigenvalue weighted by Crippen LogP contribution is 2.27. The molecule has 7 nitrogen and oxygen atoms in total. The SMILES string of the molecule is O=C(NCC[C@H]1CCCCN1S(=O)(=O)c1ccc(Cl)cc1)C(=O)Nc1ccccc1F. The van der Waals surface area contributed by atoms with E-state index in [0.717, 1.165) is 12.8 Å². The maximum absolute atomic E-state index is 13.6. The number of benzene rings is 2. The van der Waals surface area contributed by atoms with E-state index in [1.807, 2.05) is 0 Å². The lowest BCUT2D eigenvalue weighted by atomic mass is 10.0. The van der Waals surface area contributed by atoms with Crippen LogP contribution in [0.1, 0.15) is 25.7 Å². The molecule has 2 amide bonds. The van der Waals surface area contributed by atoms with Crippen LogP contribution in [-0.4, -0.2) is 43.7 Å². The fourth-order valence-corrected chi connectivity index (χ4v) is 5.34. The van der Waals surface area contributed by atoms with Crippen molar-refractivity contribution in [3.63, 3.8) is 0 Å². The molecule has 166 valence electrons. The zero-order chi connectivity index (χ0) is 22.4. The van der Waals surface area contributed by atoms with Crippen LogP contribution in [0.2, 0.25) is 5.02 Å². The smallest absolute Gasteiger partial charge is 0.313 e. The number of anilines is 1. The van der Waals surface area contributed by atoms with Gasteiger partial charge in [0, 0.05) is 24.2 Å². The monoisotopic (exact) mass is 467 g/mol. The lowest BCUT2D eigenvalue weighted by Crippen LogP contribution is -2.45. The fraction of sp³-hybridized carbons (Fsp3) is 0.333. The Labute approximate surface area is 185 Å². The van der Waals surface area contributed by atoms with Gasteiger partial charge >= 0.3 is 11.8 Å². The molecular weight excluding hydrogens is 445 g/mol. The highest BCUT2D eigenvalue weighted by molar-refractivity contribution is 7.89. The van der Waals surface area contributed by atoms with Gasteiger partial charge in [-0.15, -0.1) is 0 Å². The Hall–Kier alpha value is -2.49. The molecule has 31 heavy (non-hydrogen) atoms. The van der Waals surface area contributed by atoms with Crippen molar-refractivity contribution in [2.75, 3.05) is 18.4 Å². The van der Waals surface area contributed by atoms with Gasteiger partial charge in [0.2, 0.25) is 10.0 Å². The highest BCUT2D eigenvalue weighted by atomic mass is 35.5. The Morgan fingerprint density at radius 1 is 1.06 bits per heavy atom. The van der Waals surface area contributed by atoms with Gasteiger partial charge in [-0.1, -0.05) is 30.2 Å². The molecule has 0 aliphatic carbocycles. The molecule has 0 radical (unpaired) electrons. The summed E-state index contributed by atoms with van der Waals surface area (Å²) >= 11 is 5.86. The van der Waals surface area contributed by atoms with Gasteiger partial charge < -0.3 is 10.6 Å². The number of piperidine rings is 1. The molecule has 1 aliphatic rings. The van der Waals surface area contributed by atoms with Crippen LogP contribution in [0.5, 0.6) is 0 Å². The number of carbonyl (C=O) groups excluding carboxylic acids is 2. The number of halogens is 2. The van der Waals surface area contributed by atoms with Crippen molar-refractivity contribution >= 4 is 39.1 Å². The number of hydrogen-bond acceptors (Lipinski definition) is 4. The van der Waals surface area contributed by atoms with Crippen LogP contribution < -0.4 is 10.6 Å². The summed E-state index contributed by atoms with van der Waals surface area (Å²) in [5.41, 5.74) is -0.0878. The number of nitrogens with one attached hydrogen (secondary N) is 2. The molecular formula is C21H23ClFN3O4S. The van der Waals surface area contributed by atoms with E-state index in [2.05, 4.69) is 10.6 Å². The number of hydrogen-bond donors (Lipinski definition) is 2. The van der Waals surface area contributed by atoms with Gasteiger partial charge in [0.15, 0.2) is 0 Å². The van der Waals surface area contributed by atoms with Crippen molar-refractivity contribution in [3.8, 4) is 0 Å². The first-order valence-corrected chi connectivity index (χ1v) is 11.7. The van der Waals surface area contributed by atoms with E-state index in [9.17, 15) is 22.4 Å². The highest BCUT2D eigenvalue weighted by Gasteiger charge is 2.33. The zero-order valence-corrected chi connectivity index (χ0v) is 18.3. The van der Waals surface area contributed by atoms with Crippen molar-refractivity contribution in [1.82, 2.24) is 9.62 Å². The predicted molar refractivity (Wildman–Crippen MR) is 116 cm³/mol. The number of amides is 2. The standard InChI is InChI=1S/C21H23ClFN3O4S/c22-15-8-10-17(11-9-15)31(29,30)26-14-4-3-5-16(26)12-13-24-20(27)21(28)25-19-7-2-1-6-18(19)23/h1-2,6-11,16H,3-5,12-14H2,(H,24,27)(H,25,28)/t16-/m1/s1. The Balaban J connectivity index is 1.58. The molecule has 3 rings (SSSR count). The Morgan fingerprint density at radius 3 is 2.48 bits per heavy atom. The molecule has 1 atom stereocenters. The first kappa shape index (κ1) is 23.2. The van der Waals surface area contributed by atoms with Crippen LogP contribution >= 0.6 is 11.6 Å². The number of carbonyl (C=O) groups is 2. The van der Waals surface area contributed by atoms with Crippen LogP contribution in [0.4, 0.5) is 10.1 Å². The summed E-state index contributed by atoms with van der Waals surface area (Å²) in [6.07, 6.45) is 2.63. The second kappa shape index (κ2) is 10.2. The Bertz CT molecular complexity index is 1050. The summed E-state index contributed by atoms with van der Waals surface area (Å²) in [5, 5.41) is 5.14. The normalized spacial score (nSPS) is 17.2. The van der Waals surface area contributed by atoms with E-state index in [1.165, 1.54) is 52.8 Å². The van der Waals surface area contributed by atoms with E-state index < -0.39 is 27.7 Å². The van der Waals surface area contributed by atoms with Crippen LogP contribution in [0.25, 0.3) is 0 Å². The molecule has 1 saturated heterocycles. The van der Waals surface area contributed by atoms with Crippen LogP contribution in [-0.2, 0) is 19.6 Å². The second-order valence-corrected chi connectivity index (χ2v) is 9.52. The van der Waals surface area contributed by atoms with E-state index in [4.69, 9.17) is 11.6 Å². The summed E-state index contributed by atoms with van der Waals surface area (Å²) in [6.45, 7) is 0.498. The molecule has 0 unspecified atom stereocenters. The summed E-state index contributed by atoms with van der Waals surface area (Å²) in [5.74, 6) is -2.54. The summed E-state index contributed by atoms with van der Waals surface area (Å²) in [6, 6.07) is 11.2.